The lowest BCUT2D eigenvalue weighted by Gasteiger charge is -2.12. The third kappa shape index (κ3) is 1.90. The highest BCUT2D eigenvalue weighted by atomic mass is 16.2. The number of nitrogens with one attached hydrogen (secondary N) is 1. The molecule has 3 amide bonds. The molecule has 0 spiro atoms. The summed E-state index contributed by atoms with van der Waals surface area (Å²) < 4.78 is 0. The molecule has 0 fully saturated rings. The lowest BCUT2D eigenvalue weighted by molar-refractivity contribution is -0.137. The zero-order valence-corrected chi connectivity index (χ0v) is 7.74. The lowest BCUT2D eigenvalue weighted by atomic mass is 10.3. The van der Waals surface area contributed by atoms with Crippen molar-refractivity contribution in [1.82, 2.24) is 10.2 Å². The maximum atomic E-state index is 11.4. The van der Waals surface area contributed by atoms with Gasteiger partial charge in [0, 0.05) is 26.1 Å². The molecule has 0 aromatic rings. The van der Waals surface area contributed by atoms with Gasteiger partial charge in [0.25, 0.3) is 11.8 Å². The second kappa shape index (κ2) is 3.91. The molecule has 0 aromatic carbocycles. The first-order valence-electron chi connectivity index (χ1n) is 4.10. The minimum absolute atomic E-state index is 0.0116. The summed E-state index contributed by atoms with van der Waals surface area (Å²) in [5.74, 6) is -1.37. The largest absolute Gasteiger partial charge is 0.383 e. The van der Waals surface area contributed by atoms with E-state index in [4.69, 9.17) is 5.73 Å². The number of likely N-dealkylation sites (N-methyl/N-ethyl adjacent to an activating group) is 1. The van der Waals surface area contributed by atoms with Crippen molar-refractivity contribution in [3.05, 3.63) is 11.8 Å². The third-order valence-electron chi connectivity index (χ3n) is 1.86. The number of hydrogen-bond acceptors (Lipinski definition) is 4. The van der Waals surface area contributed by atoms with Crippen molar-refractivity contribution < 1.29 is 14.4 Å². The molecular formula is C8H11N3O3. The van der Waals surface area contributed by atoms with E-state index in [2.05, 4.69) is 5.32 Å². The highest BCUT2D eigenvalue weighted by Crippen LogP contribution is 2.09. The van der Waals surface area contributed by atoms with Crippen molar-refractivity contribution in [3.8, 4) is 0 Å². The highest BCUT2D eigenvalue weighted by Gasteiger charge is 2.29. The molecule has 0 unspecified atom stereocenters. The molecule has 1 heterocycles. The average molecular weight is 197 g/mol. The van der Waals surface area contributed by atoms with Crippen molar-refractivity contribution in [2.24, 2.45) is 5.73 Å². The van der Waals surface area contributed by atoms with E-state index < -0.39 is 17.7 Å². The summed E-state index contributed by atoms with van der Waals surface area (Å²) >= 11 is 0. The quantitative estimate of drug-likeness (QED) is 0.527. The van der Waals surface area contributed by atoms with Gasteiger partial charge >= 0.3 is 0 Å². The molecule has 76 valence electrons. The molecule has 0 saturated heterocycles. The summed E-state index contributed by atoms with van der Waals surface area (Å²) in [5, 5.41) is 2.59. The molecular weight excluding hydrogens is 186 g/mol. The Hall–Kier alpha value is -1.85. The predicted molar refractivity (Wildman–Crippen MR) is 47.7 cm³/mol. The summed E-state index contributed by atoms with van der Waals surface area (Å²) in [6.07, 6.45) is 1.19. The fraction of sp³-hybridized carbons (Fsp3) is 0.375. The molecule has 6 heteroatoms. The Bertz CT molecular complexity index is 322. The number of amides is 3. The number of primary amides is 1. The van der Waals surface area contributed by atoms with Gasteiger partial charge in [0.1, 0.15) is 5.70 Å². The summed E-state index contributed by atoms with van der Waals surface area (Å²) in [5.41, 5.74) is 5.14. The molecule has 6 nitrogen and oxygen atoms in total. The van der Waals surface area contributed by atoms with Crippen LogP contribution in [0.2, 0.25) is 0 Å². The minimum Gasteiger partial charge on any atom is -0.383 e. The molecule has 3 N–H and O–H groups in total. The van der Waals surface area contributed by atoms with Crippen LogP contribution in [-0.4, -0.2) is 36.2 Å². The summed E-state index contributed by atoms with van der Waals surface area (Å²) in [6.45, 7) is 0.0364. The maximum absolute atomic E-state index is 11.4. The molecule has 0 aromatic heterocycles. The van der Waals surface area contributed by atoms with Crippen LogP contribution in [-0.2, 0) is 14.4 Å². The highest BCUT2D eigenvalue weighted by molar-refractivity contribution is 6.15. The smallest absolute Gasteiger partial charge is 0.276 e. The summed E-state index contributed by atoms with van der Waals surface area (Å²) in [6, 6.07) is 0. The first kappa shape index (κ1) is 10.2. The van der Waals surface area contributed by atoms with Crippen LogP contribution in [0.5, 0.6) is 0 Å². The van der Waals surface area contributed by atoms with E-state index in [9.17, 15) is 14.4 Å². The van der Waals surface area contributed by atoms with Gasteiger partial charge in [-0.25, -0.2) is 0 Å². The van der Waals surface area contributed by atoms with Gasteiger partial charge in [0.15, 0.2) is 0 Å². The Morgan fingerprint density at radius 1 is 1.57 bits per heavy atom. The van der Waals surface area contributed by atoms with Crippen LogP contribution in [0, 0.1) is 0 Å². The molecule has 0 saturated carbocycles. The van der Waals surface area contributed by atoms with Crippen molar-refractivity contribution in [2.45, 2.75) is 6.42 Å². The third-order valence-corrected chi connectivity index (χ3v) is 1.86. The number of nitrogens with two attached hydrogens (primary N) is 1. The Labute approximate surface area is 80.7 Å². The van der Waals surface area contributed by atoms with Crippen LogP contribution in [0.1, 0.15) is 6.42 Å². The van der Waals surface area contributed by atoms with E-state index in [-0.39, 0.29) is 18.7 Å². The molecule has 1 rings (SSSR count). The zero-order chi connectivity index (χ0) is 10.7. The van der Waals surface area contributed by atoms with Crippen molar-refractivity contribution >= 4 is 17.7 Å². The van der Waals surface area contributed by atoms with Crippen LogP contribution in [0.15, 0.2) is 11.8 Å². The average Bonchev–Trinajstić information content (AvgIpc) is 2.39. The zero-order valence-electron chi connectivity index (χ0n) is 7.74. The van der Waals surface area contributed by atoms with Crippen LogP contribution in [0.4, 0.5) is 0 Å². The summed E-state index contributed by atoms with van der Waals surface area (Å²) in [7, 11) is 1.55. The normalized spacial score (nSPS) is 15.8. The van der Waals surface area contributed by atoms with Gasteiger partial charge in [-0.2, -0.15) is 0 Å². The van der Waals surface area contributed by atoms with Crippen molar-refractivity contribution in [2.75, 3.05) is 13.6 Å². The number of rotatable bonds is 4. The maximum Gasteiger partial charge on any atom is 0.276 e. The first-order valence-corrected chi connectivity index (χ1v) is 4.10. The molecule has 0 aliphatic carbocycles. The second-order valence-electron chi connectivity index (χ2n) is 2.82. The van der Waals surface area contributed by atoms with Gasteiger partial charge in [-0.1, -0.05) is 0 Å². The Kier molecular flexibility index (Phi) is 2.85. The van der Waals surface area contributed by atoms with Gasteiger partial charge < -0.3 is 11.1 Å². The van der Waals surface area contributed by atoms with E-state index in [0.29, 0.717) is 0 Å². The summed E-state index contributed by atoms with van der Waals surface area (Å²) in [4.78, 5) is 34.0. The van der Waals surface area contributed by atoms with Crippen LogP contribution in [0.3, 0.4) is 0 Å². The van der Waals surface area contributed by atoms with Crippen molar-refractivity contribution in [1.29, 1.82) is 0 Å². The van der Waals surface area contributed by atoms with Crippen LogP contribution in [0.25, 0.3) is 0 Å². The van der Waals surface area contributed by atoms with E-state index in [1.165, 1.54) is 6.08 Å². The molecule has 1 aliphatic rings. The van der Waals surface area contributed by atoms with E-state index in [0.717, 1.165) is 4.90 Å². The molecule has 1 aliphatic heterocycles. The standard InChI is InChI=1S/C8H11N3O3/c1-10-5-4-7(13)11(8(5)14)3-2-6(9)12/h4,10H,2-3H2,1H3,(H2,9,12). The fourth-order valence-corrected chi connectivity index (χ4v) is 1.12. The first-order chi connectivity index (χ1) is 6.56. The second-order valence-corrected chi connectivity index (χ2v) is 2.82. The van der Waals surface area contributed by atoms with Crippen molar-refractivity contribution in [3.63, 3.8) is 0 Å². The molecule has 14 heavy (non-hydrogen) atoms. The van der Waals surface area contributed by atoms with E-state index in [1.54, 1.807) is 7.05 Å². The van der Waals surface area contributed by atoms with E-state index in [1.807, 2.05) is 0 Å². The van der Waals surface area contributed by atoms with Gasteiger partial charge in [0.05, 0.1) is 0 Å². The predicted octanol–water partition coefficient (Wildman–Crippen LogP) is -1.67. The van der Waals surface area contributed by atoms with Gasteiger partial charge in [-0.15, -0.1) is 0 Å². The Morgan fingerprint density at radius 3 is 2.64 bits per heavy atom. The van der Waals surface area contributed by atoms with Crippen LogP contribution >= 0.6 is 0 Å². The molecule has 0 radical (unpaired) electrons. The lowest BCUT2D eigenvalue weighted by Crippen LogP contribution is -2.35. The number of carbonyl (C=O) groups excluding carboxylic acids is 3. The van der Waals surface area contributed by atoms with Crippen LogP contribution < -0.4 is 11.1 Å². The van der Waals surface area contributed by atoms with Gasteiger partial charge in [-0.05, 0) is 0 Å². The minimum atomic E-state index is -0.538. The number of carbonyl (C=O) groups is 3. The number of imide groups is 1. The monoisotopic (exact) mass is 197 g/mol. The SMILES string of the molecule is CNC1=CC(=O)N(CCC(N)=O)C1=O. The number of hydrogen-bond donors (Lipinski definition) is 2. The number of nitrogens with zero attached hydrogens (tertiary/aromatic N) is 1. The fourth-order valence-electron chi connectivity index (χ4n) is 1.12. The Morgan fingerprint density at radius 2 is 2.21 bits per heavy atom. The van der Waals surface area contributed by atoms with Gasteiger partial charge in [0.2, 0.25) is 5.91 Å². The van der Waals surface area contributed by atoms with Gasteiger partial charge in [-0.3, -0.25) is 19.3 Å². The molecule has 0 bridgehead atoms. The Balaban J connectivity index is 2.62. The van der Waals surface area contributed by atoms with E-state index >= 15 is 0 Å². The topological polar surface area (TPSA) is 92.5 Å². The molecule has 0 atom stereocenters.